The summed E-state index contributed by atoms with van der Waals surface area (Å²) in [4.78, 5) is 12.0. The number of sulfonamides is 1. The van der Waals surface area contributed by atoms with E-state index < -0.39 is 16.1 Å². The van der Waals surface area contributed by atoms with Gasteiger partial charge in [0.05, 0.1) is 18.5 Å². The van der Waals surface area contributed by atoms with Gasteiger partial charge in [-0.15, -0.1) is 12.4 Å². The van der Waals surface area contributed by atoms with Crippen LogP contribution < -0.4 is 10.6 Å². The van der Waals surface area contributed by atoms with Crippen LogP contribution in [-0.4, -0.2) is 80.8 Å². The van der Waals surface area contributed by atoms with Crippen LogP contribution in [0, 0.1) is 0 Å². The largest absolute Gasteiger partial charge is 0.375 e. The van der Waals surface area contributed by atoms with E-state index in [1.54, 1.807) is 11.8 Å². The molecule has 0 aromatic rings. The molecule has 7 nitrogen and oxygen atoms in total. The SMILES string of the molecule is C[C@H]1OCCN[C@@H]1C(=O)NCCS(=O)(=O)N1CCSCC1.Cl. The van der Waals surface area contributed by atoms with Crippen molar-refractivity contribution in [1.29, 1.82) is 0 Å². The highest BCUT2D eigenvalue weighted by Gasteiger charge is 2.29. The highest BCUT2D eigenvalue weighted by molar-refractivity contribution is 7.99. The van der Waals surface area contributed by atoms with Crippen molar-refractivity contribution in [3.8, 4) is 0 Å². The average molecular weight is 374 g/mol. The second kappa shape index (κ2) is 9.29. The second-order valence-electron chi connectivity index (χ2n) is 5.13. The monoisotopic (exact) mass is 373 g/mol. The van der Waals surface area contributed by atoms with Gasteiger partial charge in [-0.3, -0.25) is 4.79 Å². The van der Waals surface area contributed by atoms with E-state index in [1.165, 1.54) is 4.31 Å². The summed E-state index contributed by atoms with van der Waals surface area (Å²) in [6.45, 7) is 4.32. The summed E-state index contributed by atoms with van der Waals surface area (Å²) in [7, 11) is -3.27. The second-order valence-corrected chi connectivity index (χ2v) is 8.44. The van der Waals surface area contributed by atoms with Crippen molar-refractivity contribution < 1.29 is 17.9 Å². The Morgan fingerprint density at radius 2 is 2.09 bits per heavy atom. The molecule has 10 heteroatoms. The lowest BCUT2D eigenvalue weighted by atomic mass is 10.1. The minimum Gasteiger partial charge on any atom is -0.375 e. The molecule has 2 saturated heterocycles. The van der Waals surface area contributed by atoms with E-state index in [0.29, 0.717) is 26.2 Å². The van der Waals surface area contributed by atoms with Gasteiger partial charge in [-0.1, -0.05) is 0 Å². The number of rotatable bonds is 5. The Hall–Kier alpha value is -0.0600. The molecule has 2 aliphatic rings. The predicted molar refractivity (Wildman–Crippen MR) is 90.1 cm³/mol. The highest BCUT2D eigenvalue weighted by atomic mass is 35.5. The number of amides is 1. The Morgan fingerprint density at radius 1 is 1.41 bits per heavy atom. The molecule has 130 valence electrons. The van der Waals surface area contributed by atoms with Gasteiger partial charge in [0.25, 0.3) is 0 Å². The van der Waals surface area contributed by atoms with Crippen molar-refractivity contribution in [3.63, 3.8) is 0 Å². The average Bonchev–Trinajstić information content (AvgIpc) is 2.48. The minimum absolute atomic E-state index is 0. The van der Waals surface area contributed by atoms with Gasteiger partial charge in [0.2, 0.25) is 15.9 Å². The summed E-state index contributed by atoms with van der Waals surface area (Å²) in [5.74, 6) is 1.43. The Kier molecular flexibility index (Phi) is 8.44. The molecule has 2 heterocycles. The quantitative estimate of drug-likeness (QED) is 0.661. The Bertz CT molecular complexity index is 457. The van der Waals surface area contributed by atoms with Crippen LogP contribution in [0.25, 0.3) is 0 Å². The zero-order valence-corrected chi connectivity index (χ0v) is 15.1. The Morgan fingerprint density at radius 3 is 2.73 bits per heavy atom. The fourth-order valence-electron chi connectivity index (χ4n) is 2.39. The number of hydrogen-bond acceptors (Lipinski definition) is 6. The van der Waals surface area contributed by atoms with Crippen molar-refractivity contribution in [2.24, 2.45) is 0 Å². The topological polar surface area (TPSA) is 87.7 Å². The van der Waals surface area contributed by atoms with Gasteiger partial charge in [0, 0.05) is 37.7 Å². The molecule has 0 bridgehead atoms. The van der Waals surface area contributed by atoms with E-state index in [-0.39, 0.29) is 36.7 Å². The first-order chi connectivity index (χ1) is 10.0. The van der Waals surface area contributed by atoms with Crippen LogP contribution in [0.15, 0.2) is 0 Å². The van der Waals surface area contributed by atoms with Crippen molar-refractivity contribution in [1.82, 2.24) is 14.9 Å². The lowest BCUT2D eigenvalue weighted by Crippen LogP contribution is -2.56. The maximum atomic E-state index is 12.1. The number of ether oxygens (including phenoxy) is 1. The maximum Gasteiger partial charge on any atom is 0.239 e. The number of hydrogen-bond donors (Lipinski definition) is 2. The zero-order chi connectivity index (χ0) is 15.3. The summed E-state index contributed by atoms with van der Waals surface area (Å²) in [6.07, 6.45) is -0.200. The van der Waals surface area contributed by atoms with E-state index in [9.17, 15) is 13.2 Å². The molecule has 2 atom stereocenters. The molecular weight excluding hydrogens is 350 g/mol. The number of morpholine rings is 1. The van der Waals surface area contributed by atoms with Crippen LogP contribution in [0.4, 0.5) is 0 Å². The molecule has 1 amide bonds. The molecule has 0 spiro atoms. The Labute approximate surface area is 142 Å². The van der Waals surface area contributed by atoms with Crippen molar-refractivity contribution in [2.45, 2.75) is 19.1 Å². The molecule has 0 aliphatic carbocycles. The van der Waals surface area contributed by atoms with Crippen molar-refractivity contribution in [3.05, 3.63) is 0 Å². The van der Waals surface area contributed by atoms with Gasteiger partial charge >= 0.3 is 0 Å². The molecule has 0 aromatic carbocycles. The fraction of sp³-hybridized carbons (Fsp3) is 0.917. The normalized spacial score (nSPS) is 27.0. The molecule has 2 fully saturated rings. The van der Waals surface area contributed by atoms with Crippen LogP contribution in [0.1, 0.15) is 6.92 Å². The lowest BCUT2D eigenvalue weighted by Gasteiger charge is -2.29. The third kappa shape index (κ3) is 5.54. The van der Waals surface area contributed by atoms with Crippen LogP contribution in [0.3, 0.4) is 0 Å². The first-order valence-corrected chi connectivity index (χ1v) is 9.95. The van der Waals surface area contributed by atoms with Crippen LogP contribution in [0.2, 0.25) is 0 Å². The number of thioether (sulfide) groups is 1. The molecule has 2 N–H and O–H groups in total. The van der Waals surface area contributed by atoms with Crippen molar-refractivity contribution >= 4 is 40.1 Å². The maximum absolute atomic E-state index is 12.1. The molecule has 0 saturated carbocycles. The van der Waals surface area contributed by atoms with Crippen LogP contribution in [-0.2, 0) is 19.6 Å². The minimum atomic E-state index is -3.27. The van der Waals surface area contributed by atoms with Crippen molar-refractivity contribution in [2.75, 3.05) is 50.0 Å². The summed E-state index contributed by atoms with van der Waals surface area (Å²) < 4.78 is 31.2. The molecule has 2 rings (SSSR count). The molecule has 0 unspecified atom stereocenters. The third-order valence-electron chi connectivity index (χ3n) is 3.62. The summed E-state index contributed by atoms with van der Waals surface area (Å²) in [5, 5.41) is 5.77. The van der Waals surface area contributed by atoms with E-state index in [4.69, 9.17) is 4.74 Å². The van der Waals surface area contributed by atoms with Crippen LogP contribution >= 0.6 is 24.2 Å². The first-order valence-electron chi connectivity index (χ1n) is 7.19. The van der Waals surface area contributed by atoms with E-state index >= 15 is 0 Å². The van der Waals surface area contributed by atoms with E-state index in [0.717, 1.165) is 11.5 Å². The Balaban J connectivity index is 0.00000242. The molecule has 0 aromatic heterocycles. The zero-order valence-electron chi connectivity index (χ0n) is 12.6. The van der Waals surface area contributed by atoms with E-state index in [2.05, 4.69) is 10.6 Å². The molecule has 2 aliphatic heterocycles. The van der Waals surface area contributed by atoms with Gasteiger partial charge in [-0.2, -0.15) is 11.8 Å². The first kappa shape index (κ1) is 20.0. The number of nitrogens with zero attached hydrogens (tertiary/aromatic N) is 1. The van der Waals surface area contributed by atoms with Gasteiger partial charge in [0.15, 0.2) is 0 Å². The van der Waals surface area contributed by atoms with Gasteiger partial charge in [0.1, 0.15) is 6.04 Å². The summed E-state index contributed by atoms with van der Waals surface area (Å²) in [6, 6.07) is -0.409. The standard InChI is InChI=1S/C12H23N3O4S2.ClH/c1-10-11(13-2-6-19-10)12(16)14-3-9-21(17,18)15-4-7-20-8-5-15;/h10-11,13H,2-9H2,1H3,(H,14,16);1H/t10-,11+;/m1./s1. The van der Waals surface area contributed by atoms with Gasteiger partial charge < -0.3 is 15.4 Å². The highest BCUT2D eigenvalue weighted by Crippen LogP contribution is 2.13. The van der Waals surface area contributed by atoms with Gasteiger partial charge in [-0.25, -0.2) is 12.7 Å². The number of nitrogens with one attached hydrogen (secondary N) is 2. The summed E-state index contributed by atoms with van der Waals surface area (Å²) in [5.41, 5.74) is 0. The fourth-order valence-corrected chi connectivity index (χ4v) is 4.89. The molecule has 0 radical (unpaired) electrons. The summed E-state index contributed by atoms with van der Waals surface area (Å²) >= 11 is 1.76. The molecule has 22 heavy (non-hydrogen) atoms. The number of halogens is 1. The smallest absolute Gasteiger partial charge is 0.239 e. The van der Waals surface area contributed by atoms with Gasteiger partial charge in [-0.05, 0) is 6.92 Å². The van der Waals surface area contributed by atoms with Crippen LogP contribution in [0.5, 0.6) is 0 Å². The lowest BCUT2D eigenvalue weighted by molar-refractivity contribution is -0.128. The number of carbonyl (C=O) groups is 1. The van der Waals surface area contributed by atoms with E-state index in [1.807, 2.05) is 6.92 Å². The predicted octanol–water partition coefficient (Wildman–Crippen LogP) is -0.720. The molecular formula is C12H24ClN3O4S2. The number of carbonyl (C=O) groups excluding carboxylic acids is 1. The third-order valence-corrected chi connectivity index (χ3v) is 6.44.